The Morgan fingerprint density at radius 2 is 2.21 bits per heavy atom. The summed E-state index contributed by atoms with van der Waals surface area (Å²) < 4.78 is 19.5. The second-order valence-corrected chi connectivity index (χ2v) is 6.71. The third kappa shape index (κ3) is 6.73. The molecule has 0 radical (unpaired) electrons. The number of guanidine groups is 1. The second kappa shape index (κ2) is 11.8. The molecule has 2 aromatic rings. The number of halogens is 2. The van der Waals surface area contributed by atoms with E-state index in [9.17, 15) is 4.39 Å². The lowest BCUT2D eigenvalue weighted by Crippen LogP contribution is -2.45. The van der Waals surface area contributed by atoms with E-state index in [0.29, 0.717) is 19.0 Å². The number of benzene rings is 1. The van der Waals surface area contributed by atoms with Gasteiger partial charge in [0.1, 0.15) is 5.75 Å². The van der Waals surface area contributed by atoms with Crippen molar-refractivity contribution in [2.75, 3.05) is 38.2 Å². The SMILES string of the molecule is CCOc1cccc(CCNC(=NC)NC2CCN(c3ncccc3F)C2)c1.I. The predicted molar refractivity (Wildman–Crippen MR) is 126 cm³/mol. The van der Waals surface area contributed by atoms with E-state index in [1.807, 2.05) is 24.0 Å². The Morgan fingerprint density at radius 1 is 1.34 bits per heavy atom. The first-order valence-electron chi connectivity index (χ1n) is 9.74. The lowest BCUT2D eigenvalue weighted by atomic mass is 10.1. The molecule has 2 heterocycles. The molecular formula is C21H29FIN5O. The average molecular weight is 513 g/mol. The number of nitrogens with one attached hydrogen (secondary N) is 2. The zero-order valence-electron chi connectivity index (χ0n) is 16.9. The Hall–Kier alpha value is -2.10. The summed E-state index contributed by atoms with van der Waals surface area (Å²) in [7, 11) is 1.76. The molecule has 0 aliphatic carbocycles. The molecule has 1 aromatic heterocycles. The van der Waals surface area contributed by atoms with E-state index in [1.165, 1.54) is 11.6 Å². The van der Waals surface area contributed by atoms with Crippen molar-refractivity contribution in [1.29, 1.82) is 0 Å². The number of pyridine rings is 1. The molecular weight excluding hydrogens is 484 g/mol. The number of hydrogen-bond acceptors (Lipinski definition) is 4. The Bertz CT molecular complexity index is 804. The van der Waals surface area contributed by atoms with E-state index in [2.05, 4.69) is 32.7 Å². The Kier molecular flexibility index (Phi) is 9.43. The zero-order valence-corrected chi connectivity index (χ0v) is 19.2. The molecule has 0 amide bonds. The van der Waals surface area contributed by atoms with E-state index in [0.717, 1.165) is 37.6 Å². The van der Waals surface area contributed by atoms with Gasteiger partial charge in [0.05, 0.1) is 6.61 Å². The summed E-state index contributed by atoms with van der Waals surface area (Å²) >= 11 is 0. The van der Waals surface area contributed by atoms with Crippen LogP contribution in [0, 0.1) is 5.82 Å². The van der Waals surface area contributed by atoms with Crippen LogP contribution in [0.3, 0.4) is 0 Å². The Balaban J connectivity index is 0.00000300. The van der Waals surface area contributed by atoms with Crippen LogP contribution >= 0.6 is 24.0 Å². The van der Waals surface area contributed by atoms with E-state index < -0.39 is 0 Å². The quantitative estimate of drug-likeness (QED) is 0.339. The standard InChI is InChI=1S/C21H28FN5O.HI/c1-3-28-18-7-4-6-16(14-18)9-12-25-21(23-2)26-17-10-13-27(15-17)20-19(22)8-5-11-24-20;/h4-8,11,14,17H,3,9-10,12-13,15H2,1-2H3,(H2,23,25,26);1H. The number of aliphatic imine (C=N–C) groups is 1. The van der Waals surface area contributed by atoms with Crippen molar-refractivity contribution >= 4 is 35.8 Å². The van der Waals surface area contributed by atoms with E-state index in [-0.39, 0.29) is 35.8 Å². The zero-order chi connectivity index (χ0) is 19.8. The Labute approximate surface area is 189 Å². The highest BCUT2D eigenvalue weighted by molar-refractivity contribution is 14.0. The van der Waals surface area contributed by atoms with Crippen LogP contribution in [0.4, 0.5) is 10.2 Å². The minimum absolute atomic E-state index is 0. The molecule has 6 nitrogen and oxygen atoms in total. The van der Waals surface area contributed by atoms with Crippen LogP contribution in [-0.4, -0.2) is 50.3 Å². The molecule has 29 heavy (non-hydrogen) atoms. The molecule has 1 saturated heterocycles. The maximum absolute atomic E-state index is 13.9. The molecule has 1 aromatic carbocycles. The van der Waals surface area contributed by atoms with Crippen LogP contribution in [0.15, 0.2) is 47.6 Å². The van der Waals surface area contributed by atoms with Gasteiger partial charge in [-0.05, 0) is 49.6 Å². The van der Waals surface area contributed by atoms with Gasteiger partial charge in [0.25, 0.3) is 0 Å². The highest BCUT2D eigenvalue weighted by Gasteiger charge is 2.25. The molecule has 0 bridgehead atoms. The van der Waals surface area contributed by atoms with Gasteiger partial charge in [-0.15, -0.1) is 24.0 Å². The van der Waals surface area contributed by atoms with Crippen molar-refractivity contribution in [2.45, 2.75) is 25.8 Å². The molecule has 1 unspecified atom stereocenters. The van der Waals surface area contributed by atoms with Crippen molar-refractivity contribution in [3.63, 3.8) is 0 Å². The maximum Gasteiger partial charge on any atom is 0.191 e. The normalized spacial score (nSPS) is 16.3. The fourth-order valence-electron chi connectivity index (χ4n) is 3.35. The van der Waals surface area contributed by atoms with Gasteiger partial charge in [0.15, 0.2) is 17.6 Å². The van der Waals surface area contributed by atoms with E-state index >= 15 is 0 Å². The lowest BCUT2D eigenvalue weighted by molar-refractivity contribution is 0.340. The summed E-state index contributed by atoms with van der Waals surface area (Å²) in [4.78, 5) is 10.4. The molecule has 3 rings (SSSR count). The summed E-state index contributed by atoms with van der Waals surface area (Å²) in [6.45, 7) is 4.88. The van der Waals surface area contributed by atoms with Gasteiger partial charge >= 0.3 is 0 Å². The van der Waals surface area contributed by atoms with Crippen molar-refractivity contribution in [1.82, 2.24) is 15.6 Å². The van der Waals surface area contributed by atoms with Crippen LogP contribution in [0.2, 0.25) is 0 Å². The predicted octanol–water partition coefficient (Wildman–Crippen LogP) is 3.22. The highest BCUT2D eigenvalue weighted by Crippen LogP contribution is 2.20. The summed E-state index contributed by atoms with van der Waals surface area (Å²) in [5.41, 5.74) is 1.21. The summed E-state index contributed by atoms with van der Waals surface area (Å²) in [6, 6.07) is 11.4. The largest absolute Gasteiger partial charge is 0.494 e. The van der Waals surface area contributed by atoms with Crippen LogP contribution in [-0.2, 0) is 6.42 Å². The molecule has 158 valence electrons. The number of anilines is 1. The van der Waals surface area contributed by atoms with Gasteiger partial charge in [-0.2, -0.15) is 0 Å². The first kappa shape index (κ1) is 23.2. The minimum atomic E-state index is -0.278. The molecule has 1 fully saturated rings. The average Bonchev–Trinajstić information content (AvgIpc) is 3.16. The number of ether oxygens (including phenoxy) is 1. The molecule has 1 aliphatic heterocycles. The topological polar surface area (TPSA) is 61.8 Å². The van der Waals surface area contributed by atoms with E-state index in [1.54, 1.807) is 19.3 Å². The molecule has 0 saturated carbocycles. The number of rotatable bonds is 7. The first-order valence-corrected chi connectivity index (χ1v) is 9.74. The second-order valence-electron chi connectivity index (χ2n) is 6.71. The third-order valence-electron chi connectivity index (χ3n) is 4.71. The summed E-state index contributed by atoms with van der Waals surface area (Å²) in [6.07, 6.45) is 3.41. The summed E-state index contributed by atoms with van der Waals surface area (Å²) in [5.74, 6) is 1.80. The minimum Gasteiger partial charge on any atom is -0.494 e. The van der Waals surface area contributed by atoms with Crippen molar-refractivity contribution < 1.29 is 9.13 Å². The third-order valence-corrected chi connectivity index (χ3v) is 4.71. The number of hydrogen-bond donors (Lipinski definition) is 2. The van der Waals surface area contributed by atoms with E-state index in [4.69, 9.17) is 4.74 Å². The van der Waals surface area contributed by atoms with Crippen LogP contribution in [0.1, 0.15) is 18.9 Å². The molecule has 0 spiro atoms. The van der Waals surface area contributed by atoms with Crippen molar-refractivity contribution in [3.8, 4) is 5.75 Å². The lowest BCUT2D eigenvalue weighted by Gasteiger charge is -2.20. The molecule has 1 atom stereocenters. The molecule has 2 N–H and O–H groups in total. The van der Waals surface area contributed by atoms with Crippen LogP contribution in [0.25, 0.3) is 0 Å². The van der Waals surface area contributed by atoms with Crippen molar-refractivity contribution in [3.05, 3.63) is 54.0 Å². The fourth-order valence-corrected chi connectivity index (χ4v) is 3.35. The van der Waals surface area contributed by atoms with Gasteiger partial charge < -0.3 is 20.3 Å². The smallest absolute Gasteiger partial charge is 0.191 e. The summed E-state index contributed by atoms with van der Waals surface area (Å²) in [5, 5.41) is 6.78. The fraction of sp³-hybridized carbons (Fsp3) is 0.429. The number of nitrogens with zero attached hydrogens (tertiary/aromatic N) is 3. The van der Waals surface area contributed by atoms with Gasteiger partial charge in [-0.25, -0.2) is 9.37 Å². The Morgan fingerprint density at radius 3 is 2.97 bits per heavy atom. The number of aromatic nitrogens is 1. The van der Waals surface area contributed by atoms with Crippen molar-refractivity contribution in [2.24, 2.45) is 4.99 Å². The van der Waals surface area contributed by atoms with Gasteiger partial charge in [-0.1, -0.05) is 12.1 Å². The van der Waals surface area contributed by atoms with Gasteiger partial charge in [0.2, 0.25) is 0 Å². The van der Waals surface area contributed by atoms with Gasteiger partial charge in [0, 0.05) is 38.9 Å². The van der Waals surface area contributed by atoms with Gasteiger partial charge in [-0.3, -0.25) is 4.99 Å². The highest BCUT2D eigenvalue weighted by atomic mass is 127. The van der Waals surface area contributed by atoms with Crippen LogP contribution in [0.5, 0.6) is 5.75 Å². The first-order chi connectivity index (χ1) is 13.7. The maximum atomic E-state index is 13.9. The molecule has 1 aliphatic rings. The monoisotopic (exact) mass is 513 g/mol. The molecule has 8 heteroatoms. The van der Waals surface area contributed by atoms with Crippen LogP contribution < -0.4 is 20.3 Å².